The van der Waals surface area contributed by atoms with E-state index in [0.717, 1.165) is 5.69 Å². The lowest BCUT2D eigenvalue weighted by Crippen LogP contribution is -2.34. The maximum Gasteiger partial charge on any atom is 0.0729 e. The average molecular weight is 782 g/mol. The lowest BCUT2D eigenvalue weighted by Gasteiger charge is -2.43. The summed E-state index contributed by atoms with van der Waals surface area (Å²) in [5.74, 6) is 0.538. The molecule has 1 fully saturated rings. The van der Waals surface area contributed by atoms with E-state index in [1.165, 1.54) is 132 Å². The van der Waals surface area contributed by atoms with Gasteiger partial charge in [0.15, 0.2) is 0 Å². The normalized spacial score (nSPS) is 17.8. The number of fused-ring (bicyclic) bond motifs is 13. The Bertz CT molecular complexity index is 3290. The van der Waals surface area contributed by atoms with Crippen LogP contribution in [0.4, 0.5) is 17.1 Å². The molecule has 1 unspecified atom stereocenters. The number of nitrogens with zero attached hydrogens (tertiary/aromatic N) is 1. The lowest BCUT2D eigenvalue weighted by atomic mass is 9.59. The van der Waals surface area contributed by atoms with Crippen molar-refractivity contribution in [2.75, 3.05) is 4.90 Å². The Kier molecular flexibility index (Phi) is 7.42. The van der Waals surface area contributed by atoms with Gasteiger partial charge in [-0.2, -0.15) is 0 Å². The SMILES string of the molecule is CC1(C)c2ccccc2-c2ccc(N(c3ccc4c(c3)C3(c5ccccc5-4)c4ccccc4-c4cccc5ccc(C6CCCCC6)c3c45)c3ccc4ccccc4c3)cc21. The zero-order valence-electron chi connectivity index (χ0n) is 34.9. The van der Waals surface area contributed by atoms with E-state index in [2.05, 4.69) is 201 Å². The van der Waals surface area contributed by atoms with Gasteiger partial charge >= 0.3 is 0 Å². The second-order valence-corrected chi connectivity index (χ2v) is 18.6. The Balaban J connectivity index is 1.12. The Morgan fingerprint density at radius 3 is 1.64 bits per heavy atom. The molecule has 61 heavy (non-hydrogen) atoms. The number of hydrogen-bond acceptors (Lipinski definition) is 1. The van der Waals surface area contributed by atoms with Gasteiger partial charge in [-0.25, -0.2) is 0 Å². The third-order valence-electron chi connectivity index (χ3n) is 15.2. The van der Waals surface area contributed by atoms with Crippen molar-refractivity contribution in [2.24, 2.45) is 0 Å². The first-order chi connectivity index (χ1) is 30.0. The van der Waals surface area contributed by atoms with Crippen LogP contribution in [0.3, 0.4) is 0 Å². The average Bonchev–Trinajstić information content (AvgIpc) is 3.73. The smallest absolute Gasteiger partial charge is 0.0729 e. The largest absolute Gasteiger partial charge is 0.310 e. The summed E-state index contributed by atoms with van der Waals surface area (Å²) in [4.78, 5) is 2.54. The van der Waals surface area contributed by atoms with E-state index in [4.69, 9.17) is 0 Å². The van der Waals surface area contributed by atoms with Crippen molar-refractivity contribution in [1.29, 1.82) is 0 Å². The van der Waals surface area contributed by atoms with Crippen LogP contribution in [0, 0.1) is 0 Å². The highest BCUT2D eigenvalue weighted by atomic mass is 15.1. The Hall–Kier alpha value is -6.70. The molecule has 0 heterocycles. The van der Waals surface area contributed by atoms with Crippen LogP contribution in [-0.4, -0.2) is 0 Å². The van der Waals surface area contributed by atoms with Crippen molar-refractivity contribution in [3.05, 3.63) is 221 Å². The minimum atomic E-state index is -0.490. The van der Waals surface area contributed by atoms with Crippen LogP contribution in [0.5, 0.6) is 0 Å². The quantitative estimate of drug-likeness (QED) is 0.172. The first-order valence-electron chi connectivity index (χ1n) is 22.5. The summed E-state index contributed by atoms with van der Waals surface area (Å²) in [5, 5.41) is 5.26. The number of anilines is 3. The molecule has 0 aromatic heterocycles. The standard InChI is InChI=1S/C60H47N/c1-59(2)52-24-11-8-20-46(52)49-33-30-43(36-55(49)59)61(42-29-27-38-15-6-7-18-41(38)35-42)44-31-34-50-47-21-9-12-25-53(47)60(56(50)37-44)54-26-13-10-22-48(54)51-23-14-19-40-28-32-45(58(60)57(40)51)39-16-4-3-5-17-39/h6-15,18-37,39H,3-5,16-17H2,1-2H3. The van der Waals surface area contributed by atoms with Crippen LogP contribution < -0.4 is 4.90 Å². The summed E-state index contributed by atoms with van der Waals surface area (Å²) >= 11 is 0. The first-order valence-corrected chi connectivity index (χ1v) is 22.5. The van der Waals surface area contributed by atoms with E-state index >= 15 is 0 Å². The van der Waals surface area contributed by atoms with Gasteiger partial charge in [0.25, 0.3) is 0 Å². The molecule has 1 heteroatoms. The topological polar surface area (TPSA) is 3.24 Å². The monoisotopic (exact) mass is 781 g/mol. The third kappa shape index (κ3) is 4.78. The Labute approximate surface area is 359 Å². The third-order valence-corrected chi connectivity index (χ3v) is 15.2. The fourth-order valence-electron chi connectivity index (χ4n) is 12.5. The molecule has 1 atom stereocenters. The van der Waals surface area contributed by atoms with Crippen LogP contribution in [-0.2, 0) is 10.8 Å². The minimum absolute atomic E-state index is 0.117. The highest BCUT2D eigenvalue weighted by Crippen LogP contribution is 2.64. The second kappa shape index (κ2) is 12.9. The fourth-order valence-corrected chi connectivity index (χ4v) is 12.5. The van der Waals surface area contributed by atoms with Gasteiger partial charge in [-0.1, -0.05) is 179 Å². The van der Waals surface area contributed by atoms with Crippen LogP contribution >= 0.6 is 0 Å². The highest BCUT2D eigenvalue weighted by Gasteiger charge is 2.52. The predicted molar refractivity (Wildman–Crippen MR) is 256 cm³/mol. The molecule has 13 rings (SSSR count). The molecule has 1 spiro atoms. The molecule has 292 valence electrons. The molecular weight excluding hydrogens is 735 g/mol. The van der Waals surface area contributed by atoms with Crippen molar-refractivity contribution >= 4 is 38.6 Å². The van der Waals surface area contributed by atoms with E-state index in [9.17, 15) is 0 Å². The highest BCUT2D eigenvalue weighted by molar-refractivity contribution is 6.08. The van der Waals surface area contributed by atoms with Gasteiger partial charge in [0.05, 0.1) is 5.41 Å². The molecule has 0 aliphatic heterocycles. The van der Waals surface area contributed by atoms with Gasteiger partial charge in [-0.05, 0) is 149 Å². The van der Waals surface area contributed by atoms with Crippen molar-refractivity contribution in [2.45, 2.75) is 62.7 Å². The molecule has 9 aromatic carbocycles. The van der Waals surface area contributed by atoms with E-state index in [-0.39, 0.29) is 5.41 Å². The summed E-state index contributed by atoms with van der Waals surface area (Å²) < 4.78 is 0. The molecule has 0 bridgehead atoms. The van der Waals surface area contributed by atoms with E-state index in [1.807, 2.05) is 0 Å². The van der Waals surface area contributed by atoms with Crippen molar-refractivity contribution in [1.82, 2.24) is 0 Å². The molecule has 4 aliphatic carbocycles. The van der Waals surface area contributed by atoms with Crippen LogP contribution in [0.2, 0.25) is 0 Å². The van der Waals surface area contributed by atoms with Crippen LogP contribution in [0.25, 0.3) is 54.9 Å². The van der Waals surface area contributed by atoms with E-state index in [0.29, 0.717) is 5.92 Å². The summed E-state index contributed by atoms with van der Waals surface area (Å²) in [5.41, 5.74) is 21.0. The summed E-state index contributed by atoms with van der Waals surface area (Å²) in [6.45, 7) is 4.78. The summed E-state index contributed by atoms with van der Waals surface area (Å²) in [7, 11) is 0. The summed E-state index contributed by atoms with van der Waals surface area (Å²) in [6, 6.07) is 70.1. The van der Waals surface area contributed by atoms with Gasteiger partial charge in [0.2, 0.25) is 0 Å². The maximum atomic E-state index is 2.59. The number of benzene rings is 9. The number of rotatable bonds is 4. The molecule has 9 aromatic rings. The van der Waals surface area contributed by atoms with E-state index in [1.54, 1.807) is 5.56 Å². The fraction of sp³-hybridized carbons (Fsp3) is 0.167. The second-order valence-electron chi connectivity index (χ2n) is 18.6. The lowest BCUT2D eigenvalue weighted by molar-refractivity contribution is 0.440. The molecule has 0 N–H and O–H groups in total. The zero-order chi connectivity index (χ0) is 40.5. The predicted octanol–water partition coefficient (Wildman–Crippen LogP) is 16.2. The first kappa shape index (κ1) is 35.1. The summed E-state index contributed by atoms with van der Waals surface area (Å²) in [6.07, 6.45) is 6.44. The van der Waals surface area contributed by atoms with Crippen molar-refractivity contribution < 1.29 is 0 Å². The van der Waals surface area contributed by atoms with Gasteiger partial charge in [-0.15, -0.1) is 0 Å². The molecule has 4 aliphatic rings. The van der Waals surface area contributed by atoms with Crippen LogP contribution in [0.1, 0.15) is 90.8 Å². The molecule has 0 amide bonds. The molecule has 0 radical (unpaired) electrons. The van der Waals surface area contributed by atoms with Crippen molar-refractivity contribution in [3.8, 4) is 33.4 Å². The molecule has 1 nitrogen and oxygen atoms in total. The Morgan fingerprint density at radius 2 is 0.902 bits per heavy atom. The van der Waals surface area contributed by atoms with Gasteiger partial charge < -0.3 is 4.90 Å². The molecular formula is C60H47N. The molecule has 1 saturated carbocycles. The van der Waals surface area contributed by atoms with Gasteiger partial charge in [0.1, 0.15) is 0 Å². The van der Waals surface area contributed by atoms with Crippen molar-refractivity contribution in [3.63, 3.8) is 0 Å². The van der Waals surface area contributed by atoms with E-state index < -0.39 is 5.41 Å². The van der Waals surface area contributed by atoms with Crippen LogP contribution in [0.15, 0.2) is 182 Å². The van der Waals surface area contributed by atoms with Gasteiger partial charge in [-0.3, -0.25) is 0 Å². The Morgan fingerprint density at radius 1 is 0.393 bits per heavy atom. The minimum Gasteiger partial charge on any atom is -0.310 e. The maximum absolute atomic E-state index is 2.59. The number of hydrogen-bond donors (Lipinski definition) is 0. The molecule has 0 saturated heterocycles. The van der Waals surface area contributed by atoms with Gasteiger partial charge in [0, 0.05) is 22.5 Å². The zero-order valence-corrected chi connectivity index (χ0v) is 34.9.